The van der Waals surface area contributed by atoms with Crippen LogP contribution in [0.4, 0.5) is 10.1 Å². The average molecular weight is 456 g/mol. The molecule has 8 nitrogen and oxygen atoms in total. The molecule has 10 heteroatoms. The predicted molar refractivity (Wildman–Crippen MR) is 117 cm³/mol. The van der Waals surface area contributed by atoms with Crippen molar-refractivity contribution < 1.29 is 14.1 Å². The number of hydrogen-bond acceptors (Lipinski definition) is 6. The van der Waals surface area contributed by atoms with E-state index in [0.717, 1.165) is 55.6 Å². The third kappa shape index (κ3) is 4.96. The van der Waals surface area contributed by atoms with Crippen LogP contribution in [0.2, 0.25) is 0 Å². The van der Waals surface area contributed by atoms with Gasteiger partial charge in [0.05, 0.1) is 10.5 Å². The monoisotopic (exact) mass is 455 g/mol. The minimum absolute atomic E-state index is 0.132. The van der Waals surface area contributed by atoms with Gasteiger partial charge >= 0.3 is 0 Å². The second-order valence-corrected chi connectivity index (χ2v) is 8.55. The molecule has 0 saturated heterocycles. The van der Waals surface area contributed by atoms with E-state index >= 15 is 0 Å². The molecule has 0 bridgehead atoms. The lowest BCUT2D eigenvalue weighted by atomic mass is 10.2. The Morgan fingerprint density at radius 1 is 1.16 bits per heavy atom. The molecule has 0 radical (unpaired) electrons. The highest BCUT2D eigenvalue weighted by Gasteiger charge is 2.19. The smallest absolute Gasteiger partial charge is 0.270 e. The van der Waals surface area contributed by atoms with E-state index in [1.54, 1.807) is 18.2 Å². The maximum atomic E-state index is 14.1. The number of hydrogen-bond donors (Lipinski definition) is 1. The Bertz CT molecular complexity index is 1150. The van der Waals surface area contributed by atoms with Gasteiger partial charge in [-0.05, 0) is 31.0 Å². The summed E-state index contributed by atoms with van der Waals surface area (Å²) in [7, 11) is 0. The van der Waals surface area contributed by atoms with E-state index in [-0.39, 0.29) is 11.3 Å². The third-order valence-electron chi connectivity index (χ3n) is 5.30. The number of nitro benzene ring substituents is 1. The van der Waals surface area contributed by atoms with E-state index in [1.807, 2.05) is 0 Å². The molecular weight excluding hydrogens is 433 g/mol. The van der Waals surface area contributed by atoms with Gasteiger partial charge in [0.2, 0.25) is 0 Å². The van der Waals surface area contributed by atoms with Crippen molar-refractivity contribution in [3.8, 4) is 0 Å². The Morgan fingerprint density at radius 2 is 2.00 bits per heavy atom. The van der Waals surface area contributed by atoms with Gasteiger partial charge < -0.3 is 9.88 Å². The number of benzene rings is 2. The Hall–Kier alpha value is -3.27. The Labute approximate surface area is 188 Å². The normalized spacial score (nSPS) is 13.3. The summed E-state index contributed by atoms with van der Waals surface area (Å²) >= 11 is 1.06. The number of non-ortho nitro benzene ring substituents is 1. The van der Waals surface area contributed by atoms with Gasteiger partial charge in [0.15, 0.2) is 0 Å². The molecular formula is C22H22FN5O3S. The first-order valence-corrected chi connectivity index (χ1v) is 11.2. The zero-order chi connectivity index (χ0) is 22.5. The number of nitrogens with one attached hydrogen (secondary N) is 1. The van der Waals surface area contributed by atoms with E-state index in [2.05, 4.69) is 20.1 Å². The molecule has 2 heterocycles. The highest BCUT2D eigenvalue weighted by Crippen LogP contribution is 2.34. The summed E-state index contributed by atoms with van der Waals surface area (Å²) in [6.45, 7) is 1.18. The number of fused-ring (bicyclic) bond motifs is 1. The number of rotatable bonds is 7. The molecule has 1 amide bonds. The quantitative estimate of drug-likeness (QED) is 0.424. The Balaban J connectivity index is 1.49. The molecule has 0 spiro atoms. The molecule has 2 aromatic carbocycles. The average Bonchev–Trinajstić information content (AvgIpc) is 3.01. The van der Waals surface area contributed by atoms with Crippen LogP contribution in [0.5, 0.6) is 0 Å². The fraction of sp³-hybridized carbons (Fsp3) is 0.318. The van der Waals surface area contributed by atoms with Crippen LogP contribution < -0.4 is 5.32 Å². The third-order valence-corrected chi connectivity index (χ3v) is 6.42. The van der Waals surface area contributed by atoms with Crippen LogP contribution in [-0.2, 0) is 19.4 Å². The molecule has 0 atom stereocenters. The van der Waals surface area contributed by atoms with Crippen LogP contribution in [0.25, 0.3) is 0 Å². The molecule has 32 heavy (non-hydrogen) atoms. The van der Waals surface area contributed by atoms with Crippen LogP contribution in [-0.4, -0.2) is 32.1 Å². The number of carbonyl (C=O) groups is 1. The first-order chi connectivity index (χ1) is 15.5. The van der Waals surface area contributed by atoms with Crippen molar-refractivity contribution in [1.82, 2.24) is 20.1 Å². The van der Waals surface area contributed by atoms with Gasteiger partial charge in [0, 0.05) is 47.9 Å². The standard InChI is InChI=1S/C22H22FN5O3S/c23-17-6-3-4-7-19(17)32-18-10-9-15(28(30)31)14-16(18)22(29)24-12-11-21-26-25-20-8-2-1-5-13-27(20)21/h3-4,6-7,9-10,14H,1-2,5,8,11-13H2,(H,24,29). The number of halogens is 1. The summed E-state index contributed by atoms with van der Waals surface area (Å²) in [5.41, 5.74) is -0.0664. The minimum Gasteiger partial charge on any atom is -0.352 e. The molecule has 166 valence electrons. The van der Waals surface area contributed by atoms with Gasteiger partial charge in [-0.1, -0.05) is 30.3 Å². The van der Waals surface area contributed by atoms with E-state index in [1.165, 1.54) is 24.3 Å². The maximum Gasteiger partial charge on any atom is 0.270 e. The number of amides is 1. The lowest BCUT2D eigenvalue weighted by Crippen LogP contribution is -2.27. The summed E-state index contributed by atoms with van der Waals surface area (Å²) in [4.78, 5) is 24.3. The van der Waals surface area contributed by atoms with Crippen LogP contribution in [0.3, 0.4) is 0 Å². The Kier molecular flexibility index (Phi) is 6.79. The van der Waals surface area contributed by atoms with Gasteiger partial charge in [0.25, 0.3) is 11.6 Å². The van der Waals surface area contributed by atoms with Crippen LogP contribution in [0, 0.1) is 15.9 Å². The zero-order valence-corrected chi connectivity index (χ0v) is 18.1. The lowest BCUT2D eigenvalue weighted by molar-refractivity contribution is -0.384. The number of carbonyl (C=O) groups excluding carboxylic acids is 1. The van der Waals surface area contributed by atoms with Crippen molar-refractivity contribution in [1.29, 1.82) is 0 Å². The zero-order valence-electron chi connectivity index (χ0n) is 17.3. The molecule has 1 aliphatic rings. The first kappa shape index (κ1) is 21.9. The summed E-state index contributed by atoms with van der Waals surface area (Å²) in [5.74, 6) is 0.922. The van der Waals surface area contributed by atoms with Gasteiger partial charge in [-0.15, -0.1) is 10.2 Å². The molecule has 0 aliphatic carbocycles. The molecule has 0 fully saturated rings. The molecule has 1 N–H and O–H groups in total. The van der Waals surface area contributed by atoms with Crippen LogP contribution in [0.1, 0.15) is 41.3 Å². The maximum absolute atomic E-state index is 14.1. The van der Waals surface area contributed by atoms with E-state index < -0.39 is 16.6 Å². The van der Waals surface area contributed by atoms with Gasteiger partial charge in [-0.3, -0.25) is 14.9 Å². The number of nitro groups is 1. The van der Waals surface area contributed by atoms with Crippen molar-refractivity contribution in [2.75, 3.05) is 6.54 Å². The van der Waals surface area contributed by atoms with Gasteiger partial charge in [0.1, 0.15) is 17.5 Å². The fourth-order valence-electron chi connectivity index (χ4n) is 3.66. The summed E-state index contributed by atoms with van der Waals surface area (Å²) in [6.07, 6.45) is 4.75. The molecule has 1 aliphatic heterocycles. The molecule has 0 unspecified atom stereocenters. The van der Waals surface area contributed by atoms with Gasteiger partial charge in [-0.2, -0.15) is 0 Å². The van der Waals surface area contributed by atoms with Crippen molar-refractivity contribution in [2.45, 2.75) is 48.4 Å². The highest BCUT2D eigenvalue weighted by atomic mass is 32.2. The molecule has 3 aromatic rings. The molecule has 0 saturated carbocycles. The van der Waals surface area contributed by atoms with Crippen molar-refractivity contribution >= 4 is 23.4 Å². The van der Waals surface area contributed by atoms with E-state index in [9.17, 15) is 19.3 Å². The summed E-state index contributed by atoms with van der Waals surface area (Å²) in [5, 5.41) is 22.6. The summed E-state index contributed by atoms with van der Waals surface area (Å²) < 4.78 is 16.2. The van der Waals surface area contributed by atoms with Gasteiger partial charge in [-0.25, -0.2) is 4.39 Å². The largest absolute Gasteiger partial charge is 0.352 e. The van der Waals surface area contributed by atoms with Crippen molar-refractivity contribution in [2.24, 2.45) is 0 Å². The number of nitrogens with zero attached hydrogens (tertiary/aromatic N) is 4. The lowest BCUT2D eigenvalue weighted by Gasteiger charge is -2.11. The number of aryl methyl sites for hydroxylation is 1. The highest BCUT2D eigenvalue weighted by molar-refractivity contribution is 7.99. The van der Waals surface area contributed by atoms with Crippen molar-refractivity contribution in [3.63, 3.8) is 0 Å². The second-order valence-electron chi connectivity index (χ2n) is 7.47. The molecule has 1 aromatic heterocycles. The number of aromatic nitrogens is 3. The topological polar surface area (TPSA) is 103 Å². The van der Waals surface area contributed by atoms with E-state index in [4.69, 9.17) is 0 Å². The van der Waals surface area contributed by atoms with E-state index in [0.29, 0.717) is 22.8 Å². The van der Waals surface area contributed by atoms with Crippen LogP contribution >= 0.6 is 11.8 Å². The Morgan fingerprint density at radius 3 is 2.81 bits per heavy atom. The SMILES string of the molecule is O=C(NCCc1nnc2n1CCCCC2)c1cc([N+](=O)[O-])ccc1Sc1ccccc1F. The van der Waals surface area contributed by atoms with Crippen LogP contribution in [0.15, 0.2) is 52.3 Å². The summed E-state index contributed by atoms with van der Waals surface area (Å²) in [6, 6.07) is 10.2. The minimum atomic E-state index is -0.556. The predicted octanol–water partition coefficient (Wildman–Crippen LogP) is 4.18. The molecule has 4 rings (SSSR count). The first-order valence-electron chi connectivity index (χ1n) is 10.4. The fourth-order valence-corrected chi connectivity index (χ4v) is 4.60. The van der Waals surface area contributed by atoms with Crippen molar-refractivity contribution in [3.05, 3.63) is 75.6 Å². The second kappa shape index (κ2) is 9.90.